The first-order chi connectivity index (χ1) is 9.13. The largest absolute Gasteiger partial charge is 0.377 e. The summed E-state index contributed by atoms with van der Waals surface area (Å²) in [5.74, 6) is 0. The minimum atomic E-state index is 0.0988. The highest BCUT2D eigenvalue weighted by Crippen LogP contribution is 2.25. The van der Waals surface area contributed by atoms with Crippen LogP contribution in [0.4, 0.5) is 5.69 Å². The molecular weight excluding hydrogens is 304 g/mol. The van der Waals surface area contributed by atoms with Gasteiger partial charge in [0.05, 0.1) is 23.5 Å². The van der Waals surface area contributed by atoms with Crippen LogP contribution in [0.3, 0.4) is 0 Å². The second kappa shape index (κ2) is 5.89. The number of hydrogen-bond acceptors (Lipinski definition) is 3. The van der Waals surface area contributed by atoms with Crippen molar-refractivity contribution in [3.8, 4) is 6.07 Å². The molecule has 2 rings (SSSR count). The van der Waals surface area contributed by atoms with Gasteiger partial charge in [-0.15, -0.1) is 0 Å². The molecule has 0 aliphatic rings. The van der Waals surface area contributed by atoms with Gasteiger partial charge in [0.15, 0.2) is 0 Å². The molecule has 1 N–H and O–H groups in total. The van der Waals surface area contributed by atoms with Crippen molar-refractivity contribution in [2.24, 2.45) is 0 Å². The zero-order valence-corrected chi connectivity index (χ0v) is 12.5. The monoisotopic (exact) mass is 318 g/mol. The lowest BCUT2D eigenvalue weighted by Crippen LogP contribution is -2.07. The van der Waals surface area contributed by atoms with E-state index in [9.17, 15) is 0 Å². The molecule has 1 atom stereocenters. The van der Waals surface area contributed by atoms with Crippen molar-refractivity contribution in [2.45, 2.75) is 26.4 Å². The Morgan fingerprint density at radius 3 is 2.95 bits per heavy atom. The van der Waals surface area contributed by atoms with Crippen LogP contribution >= 0.6 is 15.9 Å². The SMILES string of the molecule is CCn1cc(C(C)Nc2cc(Br)ccc2C#N)cn1. The van der Waals surface area contributed by atoms with Crippen LogP contribution in [-0.4, -0.2) is 9.78 Å². The van der Waals surface area contributed by atoms with Crippen molar-refractivity contribution in [1.82, 2.24) is 9.78 Å². The first-order valence-electron chi connectivity index (χ1n) is 6.12. The highest BCUT2D eigenvalue weighted by atomic mass is 79.9. The van der Waals surface area contributed by atoms with E-state index in [1.54, 1.807) is 6.07 Å². The molecule has 0 bridgehead atoms. The summed E-state index contributed by atoms with van der Waals surface area (Å²) in [6.07, 6.45) is 3.87. The van der Waals surface area contributed by atoms with E-state index in [-0.39, 0.29) is 6.04 Å². The lowest BCUT2D eigenvalue weighted by atomic mass is 10.1. The highest BCUT2D eigenvalue weighted by Gasteiger charge is 2.10. The Bertz CT molecular complexity index is 612. The summed E-state index contributed by atoms with van der Waals surface area (Å²) < 4.78 is 2.84. The van der Waals surface area contributed by atoms with Gasteiger partial charge in [0.2, 0.25) is 0 Å². The van der Waals surface area contributed by atoms with Crippen LogP contribution in [0.2, 0.25) is 0 Å². The van der Waals surface area contributed by atoms with Gasteiger partial charge in [-0.3, -0.25) is 4.68 Å². The van der Waals surface area contributed by atoms with Gasteiger partial charge in [-0.1, -0.05) is 15.9 Å². The summed E-state index contributed by atoms with van der Waals surface area (Å²) in [6.45, 7) is 4.96. The quantitative estimate of drug-likeness (QED) is 0.934. The molecule has 1 unspecified atom stereocenters. The van der Waals surface area contributed by atoms with Crippen molar-refractivity contribution in [3.05, 3.63) is 46.2 Å². The Hall–Kier alpha value is -1.80. The predicted octanol–water partition coefficient (Wildman–Crippen LogP) is 3.71. The van der Waals surface area contributed by atoms with Crippen LogP contribution in [-0.2, 0) is 6.54 Å². The highest BCUT2D eigenvalue weighted by molar-refractivity contribution is 9.10. The summed E-state index contributed by atoms with van der Waals surface area (Å²) >= 11 is 3.42. The molecule has 1 aromatic carbocycles. The number of hydrogen-bond donors (Lipinski definition) is 1. The number of aryl methyl sites for hydroxylation is 1. The molecule has 5 heteroatoms. The van der Waals surface area contributed by atoms with Crippen LogP contribution < -0.4 is 5.32 Å². The molecule has 0 aliphatic heterocycles. The van der Waals surface area contributed by atoms with Crippen LogP contribution in [0.5, 0.6) is 0 Å². The summed E-state index contributed by atoms with van der Waals surface area (Å²) in [4.78, 5) is 0. The van der Waals surface area contributed by atoms with Gasteiger partial charge in [0.1, 0.15) is 6.07 Å². The smallest absolute Gasteiger partial charge is 0.101 e. The zero-order chi connectivity index (χ0) is 13.8. The average Bonchev–Trinajstić information content (AvgIpc) is 2.88. The molecule has 1 aromatic heterocycles. The minimum Gasteiger partial charge on any atom is -0.377 e. The van der Waals surface area contributed by atoms with Crippen LogP contribution in [0, 0.1) is 11.3 Å². The maximum atomic E-state index is 9.11. The standard InChI is InChI=1S/C14H15BrN4/c1-3-19-9-12(8-17-19)10(2)18-14-6-13(15)5-4-11(14)7-16/h4-6,8-10,18H,3H2,1-2H3. The average molecular weight is 319 g/mol. The first kappa shape index (κ1) is 13.6. The van der Waals surface area contributed by atoms with E-state index in [1.807, 2.05) is 29.2 Å². The molecule has 0 aliphatic carbocycles. The maximum Gasteiger partial charge on any atom is 0.101 e. The van der Waals surface area contributed by atoms with Crippen molar-refractivity contribution in [3.63, 3.8) is 0 Å². The number of benzene rings is 1. The summed E-state index contributed by atoms with van der Waals surface area (Å²) in [5.41, 5.74) is 2.57. The van der Waals surface area contributed by atoms with E-state index < -0.39 is 0 Å². The molecule has 0 radical (unpaired) electrons. The van der Waals surface area contributed by atoms with Gasteiger partial charge in [-0.2, -0.15) is 10.4 Å². The fraction of sp³-hybridized carbons (Fsp3) is 0.286. The Labute approximate surface area is 121 Å². The van der Waals surface area contributed by atoms with Crippen LogP contribution in [0.1, 0.15) is 31.0 Å². The Morgan fingerprint density at radius 1 is 1.53 bits per heavy atom. The number of nitriles is 1. The third-order valence-electron chi connectivity index (χ3n) is 2.95. The van der Waals surface area contributed by atoms with E-state index >= 15 is 0 Å². The molecule has 0 fully saturated rings. The fourth-order valence-electron chi connectivity index (χ4n) is 1.83. The summed E-state index contributed by atoms with van der Waals surface area (Å²) in [6, 6.07) is 7.87. The van der Waals surface area contributed by atoms with Crippen LogP contribution in [0.25, 0.3) is 0 Å². The molecule has 0 saturated carbocycles. The Kier molecular flexibility index (Phi) is 4.23. The number of halogens is 1. The topological polar surface area (TPSA) is 53.6 Å². The number of anilines is 1. The van der Waals surface area contributed by atoms with E-state index in [4.69, 9.17) is 5.26 Å². The molecule has 98 valence electrons. The fourth-order valence-corrected chi connectivity index (χ4v) is 2.19. The molecule has 19 heavy (non-hydrogen) atoms. The van der Waals surface area contributed by atoms with Gasteiger partial charge in [-0.05, 0) is 32.0 Å². The lowest BCUT2D eigenvalue weighted by molar-refractivity contribution is 0.658. The summed E-state index contributed by atoms with van der Waals surface area (Å²) in [5, 5.41) is 16.7. The van der Waals surface area contributed by atoms with Crippen molar-refractivity contribution >= 4 is 21.6 Å². The number of aromatic nitrogens is 2. The molecule has 0 amide bonds. The Morgan fingerprint density at radius 2 is 2.32 bits per heavy atom. The number of nitrogens with zero attached hydrogens (tertiary/aromatic N) is 3. The van der Waals surface area contributed by atoms with Crippen molar-refractivity contribution in [2.75, 3.05) is 5.32 Å². The van der Waals surface area contributed by atoms with E-state index in [1.165, 1.54) is 0 Å². The minimum absolute atomic E-state index is 0.0988. The normalized spacial score (nSPS) is 11.9. The van der Waals surface area contributed by atoms with Crippen LogP contribution in [0.15, 0.2) is 35.1 Å². The van der Waals surface area contributed by atoms with E-state index in [0.29, 0.717) is 5.56 Å². The molecule has 0 spiro atoms. The molecule has 1 heterocycles. The van der Waals surface area contributed by atoms with Gasteiger partial charge in [-0.25, -0.2) is 0 Å². The second-order valence-electron chi connectivity index (χ2n) is 4.30. The van der Waals surface area contributed by atoms with Gasteiger partial charge in [0.25, 0.3) is 0 Å². The zero-order valence-electron chi connectivity index (χ0n) is 10.9. The summed E-state index contributed by atoms with van der Waals surface area (Å²) in [7, 11) is 0. The molecule has 4 nitrogen and oxygen atoms in total. The Balaban J connectivity index is 2.21. The van der Waals surface area contributed by atoms with Gasteiger partial charge in [0, 0.05) is 22.8 Å². The molecule has 0 saturated heterocycles. The van der Waals surface area contributed by atoms with E-state index in [2.05, 4.69) is 46.3 Å². The third kappa shape index (κ3) is 3.15. The third-order valence-corrected chi connectivity index (χ3v) is 3.44. The number of nitrogens with one attached hydrogen (secondary N) is 1. The molecular formula is C14H15BrN4. The van der Waals surface area contributed by atoms with E-state index in [0.717, 1.165) is 22.3 Å². The first-order valence-corrected chi connectivity index (χ1v) is 6.92. The lowest BCUT2D eigenvalue weighted by Gasteiger charge is -2.15. The predicted molar refractivity (Wildman–Crippen MR) is 78.8 cm³/mol. The maximum absolute atomic E-state index is 9.11. The second-order valence-corrected chi connectivity index (χ2v) is 5.21. The number of rotatable bonds is 4. The van der Waals surface area contributed by atoms with Gasteiger partial charge < -0.3 is 5.32 Å². The van der Waals surface area contributed by atoms with Crippen molar-refractivity contribution < 1.29 is 0 Å². The van der Waals surface area contributed by atoms with Gasteiger partial charge >= 0.3 is 0 Å². The molecule has 2 aromatic rings. The van der Waals surface area contributed by atoms with Crippen molar-refractivity contribution in [1.29, 1.82) is 5.26 Å².